The molecule has 3 nitrogen and oxygen atoms in total. The molecule has 0 amide bonds. The molecule has 0 heterocycles. The minimum atomic E-state index is -3.60. The maximum absolute atomic E-state index is 8.95. The fourth-order valence-electron chi connectivity index (χ4n) is 1.30. The lowest BCUT2D eigenvalue weighted by molar-refractivity contribution is 0.370. The zero-order chi connectivity index (χ0) is 11.5. The summed E-state index contributed by atoms with van der Waals surface area (Å²) in [4.78, 5) is 17.9. The predicted octanol–water partition coefficient (Wildman–Crippen LogP) is 2.47. The zero-order valence-electron chi connectivity index (χ0n) is 8.75. The third-order valence-electron chi connectivity index (χ3n) is 1.79. The first-order valence-electron chi connectivity index (χ1n) is 4.71. The van der Waals surface area contributed by atoms with E-state index in [9.17, 15) is 0 Å². The second-order valence-electron chi connectivity index (χ2n) is 3.82. The monoisotopic (exact) mass is 246 g/mol. The van der Waals surface area contributed by atoms with E-state index in [1.807, 2.05) is 12.1 Å². The van der Waals surface area contributed by atoms with Crippen molar-refractivity contribution in [3.8, 4) is 5.75 Å². The first-order valence-corrected chi connectivity index (χ1v) is 7.33. The number of benzene rings is 1. The predicted molar refractivity (Wildman–Crippen MR) is 64.3 cm³/mol. The molecule has 0 atom stereocenters. The van der Waals surface area contributed by atoms with E-state index in [1.54, 1.807) is 12.1 Å². The SMILES string of the molecule is CC(C)Cc1ccc(OP(O)(O)=S)cc1. The second kappa shape index (κ2) is 5.08. The van der Waals surface area contributed by atoms with Crippen molar-refractivity contribution in [1.29, 1.82) is 0 Å². The molecule has 5 heteroatoms. The molecule has 1 aromatic carbocycles. The smallest absolute Gasteiger partial charge is 0.375 e. The molecule has 0 radical (unpaired) electrons. The summed E-state index contributed by atoms with van der Waals surface area (Å²) >= 11 is 4.37. The topological polar surface area (TPSA) is 49.7 Å². The van der Waals surface area contributed by atoms with Crippen LogP contribution in [0.5, 0.6) is 5.75 Å². The maximum atomic E-state index is 8.95. The van der Waals surface area contributed by atoms with Gasteiger partial charge < -0.3 is 14.3 Å². The lowest BCUT2D eigenvalue weighted by Gasteiger charge is -2.10. The average molecular weight is 246 g/mol. The van der Waals surface area contributed by atoms with Crippen molar-refractivity contribution in [2.45, 2.75) is 20.3 Å². The van der Waals surface area contributed by atoms with E-state index < -0.39 is 6.72 Å². The molecule has 0 aliphatic carbocycles. The van der Waals surface area contributed by atoms with Crippen molar-refractivity contribution < 1.29 is 14.3 Å². The van der Waals surface area contributed by atoms with Crippen LogP contribution in [0.2, 0.25) is 0 Å². The lowest BCUT2D eigenvalue weighted by Crippen LogP contribution is -1.94. The van der Waals surface area contributed by atoms with E-state index in [0.29, 0.717) is 11.7 Å². The van der Waals surface area contributed by atoms with Crippen LogP contribution in [-0.4, -0.2) is 9.79 Å². The molecule has 15 heavy (non-hydrogen) atoms. The Kier molecular flexibility index (Phi) is 4.29. The summed E-state index contributed by atoms with van der Waals surface area (Å²) in [6.45, 7) is 0.692. The number of hydrogen-bond acceptors (Lipinski definition) is 2. The molecule has 0 aliphatic heterocycles. The van der Waals surface area contributed by atoms with Gasteiger partial charge in [-0.1, -0.05) is 26.0 Å². The molecule has 84 valence electrons. The molecule has 0 aliphatic rings. The molecule has 0 saturated heterocycles. The van der Waals surface area contributed by atoms with Gasteiger partial charge in [-0.2, -0.15) is 0 Å². The van der Waals surface area contributed by atoms with Crippen LogP contribution in [0, 0.1) is 5.92 Å². The highest BCUT2D eigenvalue weighted by Gasteiger charge is 2.09. The Morgan fingerprint density at radius 3 is 2.20 bits per heavy atom. The first kappa shape index (κ1) is 12.7. The van der Waals surface area contributed by atoms with Crippen LogP contribution >= 0.6 is 6.72 Å². The van der Waals surface area contributed by atoms with E-state index >= 15 is 0 Å². The van der Waals surface area contributed by atoms with Crippen molar-refractivity contribution >= 4 is 18.5 Å². The third-order valence-corrected chi connectivity index (χ3v) is 2.46. The summed E-state index contributed by atoms with van der Waals surface area (Å²) in [7, 11) is 0. The molecule has 0 fully saturated rings. The molecular formula is C10H15O3PS. The largest absolute Gasteiger partial charge is 0.424 e. The summed E-state index contributed by atoms with van der Waals surface area (Å²) in [6.07, 6.45) is 0.993. The highest BCUT2D eigenvalue weighted by molar-refractivity contribution is 8.06. The molecule has 0 aromatic heterocycles. The van der Waals surface area contributed by atoms with Crippen LogP contribution < -0.4 is 4.52 Å². The molecular weight excluding hydrogens is 231 g/mol. The van der Waals surface area contributed by atoms with Crippen LogP contribution in [-0.2, 0) is 18.2 Å². The minimum absolute atomic E-state index is 0.399. The second-order valence-corrected chi connectivity index (χ2v) is 6.41. The van der Waals surface area contributed by atoms with E-state index in [1.165, 1.54) is 5.56 Å². The van der Waals surface area contributed by atoms with Crippen molar-refractivity contribution in [2.24, 2.45) is 5.92 Å². The van der Waals surface area contributed by atoms with Gasteiger partial charge in [0.15, 0.2) is 0 Å². The van der Waals surface area contributed by atoms with Gasteiger partial charge in [-0.25, -0.2) is 0 Å². The van der Waals surface area contributed by atoms with E-state index in [4.69, 9.17) is 14.3 Å². The Hall–Kier alpha value is -0.410. The Morgan fingerprint density at radius 1 is 1.27 bits per heavy atom. The molecule has 0 spiro atoms. The minimum Gasteiger partial charge on any atom is -0.424 e. The van der Waals surface area contributed by atoms with Gasteiger partial charge in [-0.15, -0.1) is 0 Å². The Labute approximate surface area is 95.0 Å². The summed E-state index contributed by atoms with van der Waals surface area (Å²) in [6, 6.07) is 7.21. The van der Waals surface area contributed by atoms with Crippen LogP contribution in [0.25, 0.3) is 0 Å². The maximum Gasteiger partial charge on any atom is 0.375 e. The van der Waals surface area contributed by atoms with Gasteiger partial charge >= 0.3 is 6.72 Å². The lowest BCUT2D eigenvalue weighted by atomic mass is 10.0. The normalized spacial score (nSPS) is 11.8. The third kappa shape index (κ3) is 5.28. The van der Waals surface area contributed by atoms with Crippen molar-refractivity contribution in [1.82, 2.24) is 0 Å². The molecule has 1 rings (SSSR count). The fourth-order valence-corrected chi connectivity index (χ4v) is 1.95. The van der Waals surface area contributed by atoms with Crippen LogP contribution in [0.4, 0.5) is 0 Å². The summed E-state index contributed by atoms with van der Waals surface area (Å²) < 4.78 is 4.80. The number of hydrogen-bond donors (Lipinski definition) is 2. The van der Waals surface area contributed by atoms with Gasteiger partial charge in [0, 0.05) is 11.8 Å². The highest BCUT2D eigenvalue weighted by Crippen LogP contribution is 2.37. The molecule has 1 aromatic rings. The van der Waals surface area contributed by atoms with Crippen molar-refractivity contribution in [3.63, 3.8) is 0 Å². The van der Waals surface area contributed by atoms with Crippen LogP contribution in [0.1, 0.15) is 19.4 Å². The fraction of sp³-hybridized carbons (Fsp3) is 0.400. The van der Waals surface area contributed by atoms with Gasteiger partial charge in [-0.3, -0.25) is 0 Å². The van der Waals surface area contributed by atoms with Gasteiger partial charge in [0.1, 0.15) is 5.75 Å². The van der Waals surface area contributed by atoms with Crippen molar-refractivity contribution in [3.05, 3.63) is 29.8 Å². The van der Waals surface area contributed by atoms with E-state index in [2.05, 4.69) is 25.7 Å². The molecule has 0 unspecified atom stereocenters. The highest BCUT2D eigenvalue weighted by atomic mass is 32.5. The summed E-state index contributed by atoms with van der Waals surface area (Å²) in [5, 5.41) is 0. The standard InChI is InChI=1S/C10H15O3PS/c1-8(2)7-9-3-5-10(6-4-9)13-14(11,12)15/h3-6,8H,7H2,1-2H3,(H2,11,12,15). The summed E-state index contributed by atoms with van der Waals surface area (Å²) in [5.74, 6) is 0.994. The van der Waals surface area contributed by atoms with Gasteiger partial charge in [-0.05, 0) is 30.0 Å². The number of rotatable bonds is 4. The van der Waals surface area contributed by atoms with E-state index in [-0.39, 0.29) is 0 Å². The Morgan fingerprint density at radius 2 is 1.80 bits per heavy atom. The molecule has 0 bridgehead atoms. The van der Waals surface area contributed by atoms with Crippen molar-refractivity contribution in [2.75, 3.05) is 0 Å². The summed E-state index contributed by atoms with van der Waals surface area (Å²) in [5.41, 5.74) is 1.20. The van der Waals surface area contributed by atoms with Gasteiger partial charge in [0.05, 0.1) is 0 Å². The Bertz CT molecular complexity index is 355. The van der Waals surface area contributed by atoms with E-state index in [0.717, 1.165) is 6.42 Å². The Balaban J connectivity index is 2.68. The first-order chi connectivity index (χ1) is 6.87. The van der Waals surface area contributed by atoms with Crippen LogP contribution in [0.15, 0.2) is 24.3 Å². The van der Waals surface area contributed by atoms with Gasteiger partial charge in [0.25, 0.3) is 0 Å². The quantitative estimate of drug-likeness (QED) is 0.801. The van der Waals surface area contributed by atoms with Crippen LogP contribution in [0.3, 0.4) is 0 Å². The average Bonchev–Trinajstić information content (AvgIpc) is 2.05. The van der Waals surface area contributed by atoms with Gasteiger partial charge in [0.2, 0.25) is 0 Å². The molecule has 2 N–H and O–H groups in total. The zero-order valence-corrected chi connectivity index (χ0v) is 10.5. The molecule has 0 saturated carbocycles.